The van der Waals surface area contributed by atoms with Gasteiger partial charge in [-0.2, -0.15) is 18.4 Å². The fourth-order valence-corrected chi connectivity index (χ4v) is 4.09. The van der Waals surface area contributed by atoms with Crippen molar-refractivity contribution in [2.75, 3.05) is 11.1 Å². The van der Waals surface area contributed by atoms with Crippen molar-refractivity contribution in [3.63, 3.8) is 0 Å². The highest BCUT2D eigenvalue weighted by atomic mass is 35.5. The quantitative estimate of drug-likeness (QED) is 0.653. The maximum absolute atomic E-state index is 13.2. The summed E-state index contributed by atoms with van der Waals surface area (Å²) in [5.41, 5.74) is -5.06. The number of benzene rings is 2. The van der Waals surface area contributed by atoms with Crippen LogP contribution in [0.5, 0.6) is 0 Å². The number of hydrogen-bond acceptors (Lipinski definition) is 5. The average Bonchev–Trinajstić information content (AvgIpc) is 2.66. The molecule has 0 heterocycles. The molecule has 2 N–H and O–H groups in total. The number of amides is 1. The first-order valence-corrected chi connectivity index (χ1v) is 11.2. The molecule has 2 rings (SSSR count). The van der Waals surface area contributed by atoms with Crippen molar-refractivity contribution in [3.05, 3.63) is 64.2 Å². The van der Waals surface area contributed by atoms with Gasteiger partial charge in [-0.15, -0.1) is 0 Å². The minimum absolute atomic E-state index is 0.114. The van der Waals surface area contributed by atoms with Gasteiger partial charge in [0.15, 0.2) is 15.4 Å². The number of aliphatic hydroxyl groups is 1. The first-order chi connectivity index (χ1) is 14.5. The number of rotatable bonds is 5. The third-order valence-electron chi connectivity index (χ3n) is 4.73. The van der Waals surface area contributed by atoms with Crippen LogP contribution in [-0.4, -0.2) is 29.9 Å². The normalized spacial score (nSPS) is 14.3. The predicted octanol–water partition coefficient (Wildman–Crippen LogP) is 4.27. The Morgan fingerprint density at radius 2 is 1.69 bits per heavy atom. The van der Waals surface area contributed by atoms with Crippen LogP contribution in [0.2, 0.25) is 5.02 Å². The van der Waals surface area contributed by atoms with Gasteiger partial charge in [-0.05, 0) is 56.7 Å². The van der Waals surface area contributed by atoms with Crippen molar-refractivity contribution in [1.82, 2.24) is 0 Å². The van der Waals surface area contributed by atoms with E-state index in [1.54, 1.807) is 0 Å². The zero-order valence-corrected chi connectivity index (χ0v) is 18.9. The molecule has 1 unspecified atom stereocenters. The molecule has 0 aliphatic rings. The van der Waals surface area contributed by atoms with Gasteiger partial charge >= 0.3 is 6.18 Å². The topological polar surface area (TPSA) is 107 Å². The molecule has 1 amide bonds. The molecular weight excluding hydrogens is 469 g/mol. The first kappa shape index (κ1) is 25.6. The largest absolute Gasteiger partial charge is 0.417 e. The number of carbonyl (C=O) groups excluding carboxylic acids is 1. The molecule has 0 fully saturated rings. The summed E-state index contributed by atoms with van der Waals surface area (Å²) in [6.45, 7) is 4.16. The van der Waals surface area contributed by atoms with Gasteiger partial charge in [0, 0.05) is 10.7 Å². The molecule has 0 saturated carbocycles. The Morgan fingerprint density at radius 3 is 2.16 bits per heavy atom. The number of halogens is 4. The van der Waals surface area contributed by atoms with E-state index in [1.807, 2.05) is 0 Å². The third kappa shape index (κ3) is 5.41. The van der Waals surface area contributed by atoms with Crippen molar-refractivity contribution in [2.24, 2.45) is 0 Å². The second-order valence-electron chi connectivity index (χ2n) is 8.06. The SMILES string of the molecule is CC(C)(C)S(=O)(=O)CC(O)(C(=O)Nc1ccc(C#N)c(C(F)(F)F)c1)c1ccc(Cl)cc1. The van der Waals surface area contributed by atoms with Gasteiger partial charge in [-0.1, -0.05) is 23.7 Å². The van der Waals surface area contributed by atoms with Crippen molar-refractivity contribution >= 4 is 33.0 Å². The van der Waals surface area contributed by atoms with Crippen LogP contribution >= 0.6 is 11.6 Å². The van der Waals surface area contributed by atoms with Crippen LogP contribution in [0.15, 0.2) is 42.5 Å². The molecule has 1 atom stereocenters. The van der Waals surface area contributed by atoms with E-state index in [0.29, 0.717) is 6.07 Å². The average molecular weight is 489 g/mol. The van der Waals surface area contributed by atoms with E-state index in [1.165, 1.54) is 51.1 Å². The molecule has 0 aliphatic heterocycles. The molecule has 2 aromatic rings. The van der Waals surface area contributed by atoms with Crippen LogP contribution in [0.4, 0.5) is 18.9 Å². The van der Waals surface area contributed by atoms with E-state index in [-0.39, 0.29) is 16.3 Å². The number of carbonyl (C=O) groups is 1. The van der Waals surface area contributed by atoms with Gasteiger partial charge in [0.1, 0.15) is 0 Å². The van der Waals surface area contributed by atoms with Gasteiger partial charge in [0.05, 0.1) is 27.7 Å². The number of anilines is 1. The standard InChI is InChI=1S/C21H20ClF3N2O4S/c1-19(2,3)32(30,31)12-20(29,14-5-7-15(22)8-6-14)18(28)27-16-9-4-13(11-26)17(10-16)21(23,24)25/h4-10,29H,12H2,1-3H3,(H,27,28). The lowest BCUT2D eigenvalue weighted by molar-refractivity contribution is -0.138. The molecule has 0 radical (unpaired) electrons. The van der Waals surface area contributed by atoms with Gasteiger partial charge in [-0.3, -0.25) is 4.79 Å². The zero-order valence-electron chi connectivity index (χ0n) is 17.3. The fourth-order valence-electron chi connectivity index (χ4n) is 2.69. The molecular formula is C21H20ClF3N2O4S. The summed E-state index contributed by atoms with van der Waals surface area (Å²) in [6, 6.07) is 9.04. The number of nitrogens with zero attached hydrogens (tertiary/aromatic N) is 1. The maximum atomic E-state index is 13.2. The Hall–Kier alpha value is -2.61. The van der Waals surface area contributed by atoms with Crippen LogP contribution in [0.25, 0.3) is 0 Å². The first-order valence-electron chi connectivity index (χ1n) is 9.15. The second kappa shape index (κ2) is 8.73. The Balaban J connectivity index is 2.55. The smallest absolute Gasteiger partial charge is 0.374 e. The highest BCUT2D eigenvalue weighted by Crippen LogP contribution is 2.35. The molecule has 11 heteroatoms. The molecule has 6 nitrogen and oxygen atoms in total. The van der Waals surface area contributed by atoms with E-state index in [2.05, 4.69) is 5.32 Å². The van der Waals surface area contributed by atoms with E-state index in [9.17, 15) is 31.5 Å². The number of hydrogen-bond donors (Lipinski definition) is 2. The Bertz CT molecular complexity index is 1170. The lowest BCUT2D eigenvalue weighted by atomic mass is 9.94. The lowest BCUT2D eigenvalue weighted by Gasteiger charge is -2.31. The molecule has 32 heavy (non-hydrogen) atoms. The van der Waals surface area contributed by atoms with Crippen LogP contribution in [0, 0.1) is 11.3 Å². The van der Waals surface area contributed by atoms with Crippen LogP contribution in [-0.2, 0) is 26.4 Å². The monoisotopic (exact) mass is 488 g/mol. The number of alkyl halides is 3. The molecule has 0 spiro atoms. The van der Waals surface area contributed by atoms with Gasteiger partial charge in [-0.25, -0.2) is 8.42 Å². The molecule has 0 bridgehead atoms. The zero-order chi connectivity index (χ0) is 24.5. The van der Waals surface area contributed by atoms with E-state index >= 15 is 0 Å². The van der Waals surface area contributed by atoms with Crippen molar-refractivity contribution < 1.29 is 31.5 Å². The second-order valence-corrected chi connectivity index (χ2v) is 11.2. The lowest BCUT2D eigenvalue weighted by Crippen LogP contribution is -2.49. The molecule has 172 valence electrons. The van der Waals surface area contributed by atoms with Gasteiger partial charge < -0.3 is 10.4 Å². The number of nitrogens with one attached hydrogen (secondary N) is 1. The van der Waals surface area contributed by atoms with Crippen molar-refractivity contribution in [1.29, 1.82) is 5.26 Å². The highest BCUT2D eigenvalue weighted by Gasteiger charge is 2.46. The van der Waals surface area contributed by atoms with E-state index < -0.39 is 49.1 Å². The Kier molecular flexibility index (Phi) is 7.00. The van der Waals surface area contributed by atoms with Gasteiger partial charge in [0.2, 0.25) is 0 Å². The summed E-state index contributed by atoms with van der Waals surface area (Å²) >= 11 is 5.83. The minimum atomic E-state index is -4.87. The third-order valence-corrected chi connectivity index (χ3v) is 7.65. The van der Waals surface area contributed by atoms with E-state index in [4.69, 9.17) is 16.9 Å². The number of sulfone groups is 1. The predicted molar refractivity (Wildman–Crippen MR) is 114 cm³/mol. The summed E-state index contributed by atoms with van der Waals surface area (Å²) in [5, 5.41) is 22.5. The summed E-state index contributed by atoms with van der Waals surface area (Å²) in [5.74, 6) is -2.29. The van der Waals surface area contributed by atoms with Crippen LogP contribution in [0.3, 0.4) is 0 Å². The summed E-state index contributed by atoms with van der Waals surface area (Å²) in [4.78, 5) is 13.0. The summed E-state index contributed by atoms with van der Waals surface area (Å²) in [7, 11) is -4.06. The van der Waals surface area contributed by atoms with Crippen molar-refractivity contribution in [3.8, 4) is 6.07 Å². The van der Waals surface area contributed by atoms with Crippen LogP contribution in [0.1, 0.15) is 37.5 Å². The number of nitriles is 1. The minimum Gasteiger partial charge on any atom is -0.374 e. The summed E-state index contributed by atoms with van der Waals surface area (Å²) in [6.07, 6.45) is -4.87. The Morgan fingerprint density at radius 1 is 1.12 bits per heavy atom. The van der Waals surface area contributed by atoms with Crippen LogP contribution < -0.4 is 5.32 Å². The van der Waals surface area contributed by atoms with Crippen molar-refractivity contribution in [2.45, 2.75) is 37.3 Å². The molecule has 2 aromatic carbocycles. The summed E-state index contributed by atoms with van der Waals surface area (Å²) < 4.78 is 64.0. The molecule has 0 saturated heterocycles. The Labute approximate surface area is 188 Å². The highest BCUT2D eigenvalue weighted by molar-refractivity contribution is 7.92. The fraction of sp³-hybridized carbons (Fsp3) is 0.333. The maximum Gasteiger partial charge on any atom is 0.417 e. The van der Waals surface area contributed by atoms with E-state index in [0.717, 1.165) is 12.1 Å². The molecule has 0 aliphatic carbocycles. The van der Waals surface area contributed by atoms with Gasteiger partial charge in [0.25, 0.3) is 5.91 Å². The molecule has 0 aromatic heterocycles.